The van der Waals surface area contributed by atoms with Gasteiger partial charge in [0.15, 0.2) is 5.96 Å². The van der Waals surface area contributed by atoms with Gasteiger partial charge in [0.2, 0.25) is 5.91 Å². The molecule has 0 spiro atoms. The minimum absolute atomic E-state index is 0.0282. The number of nitrogens with zero attached hydrogens (tertiary/aromatic N) is 2. The molecule has 0 aliphatic carbocycles. The molecule has 0 bridgehead atoms. The molecule has 1 heterocycles. The highest BCUT2D eigenvalue weighted by Crippen LogP contribution is 1.92. The lowest BCUT2D eigenvalue weighted by Gasteiger charge is -2.11. The Labute approximate surface area is 120 Å². The van der Waals surface area contributed by atoms with Crippen LogP contribution in [0.3, 0.4) is 0 Å². The van der Waals surface area contributed by atoms with Crippen molar-refractivity contribution < 1.29 is 4.79 Å². The van der Waals surface area contributed by atoms with Crippen LogP contribution in [0, 0.1) is 0 Å². The van der Waals surface area contributed by atoms with Gasteiger partial charge in [-0.05, 0) is 18.6 Å². The maximum Gasteiger partial charge on any atom is 0.239 e. The summed E-state index contributed by atoms with van der Waals surface area (Å²) in [5, 5.41) is 8.92. The van der Waals surface area contributed by atoms with E-state index < -0.39 is 0 Å². The summed E-state index contributed by atoms with van der Waals surface area (Å²) >= 11 is 0. The third kappa shape index (κ3) is 6.72. The highest BCUT2D eigenvalue weighted by Gasteiger charge is 2.02. The monoisotopic (exact) mass is 277 g/mol. The Morgan fingerprint density at radius 1 is 1.25 bits per heavy atom. The first-order valence-corrected chi connectivity index (χ1v) is 6.87. The van der Waals surface area contributed by atoms with Crippen molar-refractivity contribution in [3.63, 3.8) is 0 Å². The molecule has 0 aliphatic heterocycles. The van der Waals surface area contributed by atoms with Crippen LogP contribution in [0.15, 0.2) is 29.4 Å². The van der Waals surface area contributed by atoms with Gasteiger partial charge >= 0.3 is 0 Å². The topological polar surface area (TPSA) is 78.4 Å². The molecule has 1 amide bonds. The summed E-state index contributed by atoms with van der Waals surface area (Å²) in [4.78, 5) is 19.8. The van der Waals surface area contributed by atoms with E-state index >= 15 is 0 Å². The zero-order valence-electron chi connectivity index (χ0n) is 12.1. The molecular weight excluding hydrogens is 254 g/mol. The van der Waals surface area contributed by atoms with Crippen LogP contribution in [0.5, 0.6) is 0 Å². The van der Waals surface area contributed by atoms with Gasteiger partial charge in [-0.3, -0.25) is 14.8 Å². The van der Waals surface area contributed by atoms with E-state index in [1.54, 1.807) is 13.2 Å². The Balaban J connectivity index is 2.21. The fraction of sp³-hybridized carbons (Fsp3) is 0.500. The smallest absolute Gasteiger partial charge is 0.239 e. The predicted octanol–water partition coefficient (Wildman–Crippen LogP) is 0.315. The van der Waals surface area contributed by atoms with Crippen molar-refractivity contribution >= 4 is 11.9 Å². The summed E-state index contributed by atoms with van der Waals surface area (Å²) in [6.07, 6.45) is 3.52. The number of carbonyl (C=O) groups is 1. The molecule has 1 aromatic heterocycles. The molecule has 20 heavy (non-hydrogen) atoms. The van der Waals surface area contributed by atoms with Gasteiger partial charge in [-0.15, -0.1) is 0 Å². The number of rotatable bonds is 7. The number of aromatic nitrogens is 1. The van der Waals surface area contributed by atoms with E-state index in [4.69, 9.17) is 0 Å². The number of hydrogen-bond acceptors (Lipinski definition) is 3. The van der Waals surface area contributed by atoms with E-state index in [2.05, 4.69) is 25.9 Å². The number of amides is 1. The minimum atomic E-state index is -0.0282. The first kappa shape index (κ1) is 15.9. The molecule has 110 valence electrons. The summed E-state index contributed by atoms with van der Waals surface area (Å²) in [7, 11) is 1.68. The average molecular weight is 277 g/mol. The predicted molar refractivity (Wildman–Crippen MR) is 80.6 cm³/mol. The number of pyridine rings is 1. The number of hydrogen-bond donors (Lipinski definition) is 3. The molecule has 6 nitrogen and oxygen atoms in total. The number of nitrogens with one attached hydrogen (secondary N) is 3. The van der Waals surface area contributed by atoms with E-state index in [0.717, 1.165) is 18.5 Å². The van der Waals surface area contributed by atoms with Crippen LogP contribution in [0.1, 0.15) is 19.0 Å². The van der Waals surface area contributed by atoms with Crippen LogP contribution in [-0.4, -0.2) is 43.5 Å². The number of aliphatic imine (C=N–C) groups is 1. The maximum absolute atomic E-state index is 11.5. The zero-order valence-corrected chi connectivity index (χ0v) is 12.1. The highest BCUT2D eigenvalue weighted by atomic mass is 16.1. The lowest BCUT2D eigenvalue weighted by atomic mass is 10.3. The SMILES string of the molecule is CCCNC(=O)CNC(=NC)NCCc1ccccn1. The van der Waals surface area contributed by atoms with E-state index in [-0.39, 0.29) is 12.5 Å². The fourth-order valence-electron chi connectivity index (χ4n) is 1.57. The van der Waals surface area contributed by atoms with Gasteiger partial charge in [-0.1, -0.05) is 13.0 Å². The Bertz CT molecular complexity index is 419. The standard InChI is InChI=1S/C14H23N5O/c1-3-8-17-13(20)11-19-14(15-2)18-10-7-12-6-4-5-9-16-12/h4-6,9H,3,7-8,10-11H2,1-2H3,(H,17,20)(H2,15,18,19). The zero-order chi connectivity index (χ0) is 14.6. The summed E-state index contributed by atoms with van der Waals surface area (Å²) < 4.78 is 0. The van der Waals surface area contributed by atoms with Gasteiger partial charge in [0.25, 0.3) is 0 Å². The largest absolute Gasteiger partial charge is 0.356 e. The molecule has 1 rings (SSSR count). The normalized spacial score (nSPS) is 11.0. The molecular formula is C14H23N5O. The van der Waals surface area contributed by atoms with Gasteiger partial charge in [0.1, 0.15) is 0 Å². The Hall–Kier alpha value is -2.11. The van der Waals surface area contributed by atoms with Crippen molar-refractivity contribution in [1.29, 1.82) is 0 Å². The van der Waals surface area contributed by atoms with Crippen LogP contribution in [0.2, 0.25) is 0 Å². The molecule has 0 saturated heterocycles. The first-order valence-electron chi connectivity index (χ1n) is 6.87. The molecule has 6 heteroatoms. The molecule has 0 aliphatic rings. The highest BCUT2D eigenvalue weighted by molar-refractivity contribution is 5.86. The minimum Gasteiger partial charge on any atom is -0.356 e. The van der Waals surface area contributed by atoms with E-state index in [9.17, 15) is 4.79 Å². The van der Waals surface area contributed by atoms with Crippen molar-refractivity contribution in [2.45, 2.75) is 19.8 Å². The molecule has 0 fully saturated rings. The Morgan fingerprint density at radius 2 is 2.10 bits per heavy atom. The van der Waals surface area contributed by atoms with Crippen LogP contribution in [0.25, 0.3) is 0 Å². The van der Waals surface area contributed by atoms with Gasteiger partial charge in [-0.2, -0.15) is 0 Å². The fourth-order valence-corrected chi connectivity index (χ4v) is 1.57. The molecule has 0 radical (unpaired) electrons. The van der Waals surface area contributed by atoms with Gasteiger partial charge < -0.3 is 16.0 Å². The molecule has 0 saturated carbocycles. The lowest BCUT2D eigenvalue weighted by molar-refractivity contribution is -0.120. The second-order valence-corrected chi connectivity index (χ2v) is 4.27. The second kappa shape index (κ2) is 9.77. The van der Waals surface area contributed by atoms with Gasteiger partial charge in [0.05, 0.1) is 6.54 Å². The summed E-state index contributed by atoms with van der Waals surface area (Å²) in [5.41, 5.74) is 1.02. The van der Waals surface area contributed by atoms with Gasteiger partial charge in [-0.25, -0.2) is 0 Å². The second-order valence-electron chi connectivity index (χ2n) is 4.27. The van der Waals surface area contributed by atoms with Gasteiger partial charge in [0, 0.05) is 38.4 Å². The van der Waals surface area contributed by atoms with E-state index in [1.165, 1.54) is 0 Å². The number of guanidine groups is 1. The van der Waals surface area contributed by atoms with Crippen molar-refractivity contribution in [3.8, 4) is 0 Å². The summed E-state index contributed by atoms with van der Waals surface area (Å²) in [6.45, 7) is 3.66. The average Bonchev–Trinajstić information content (AvgIpc) is 2.49. The molecule has 1 aromatic rings. The quantitative estimate of drug-likeness (QED) is 0.495. The van der Waals surface area contributed by atoms with Crippen molar-refractivity contribution in [3.05, 3.63) is 30.1 Å². The lowest BCUT2D eigenvalue weighted by Crippen LogP contribution is -2.43. The third-order valence-electron chi connectivity index (χ3n) is 2.61. The maximum atomic E-state index is 11.5. The van der Waals surface area contributed by atoms with Crippen molar-refractivity contribution in [1.82, 2.24) is 20.9 Å². The van der Waals surface area contributed by atoms with E-state index in [1.807, 2.05) is 25.1 Å². The van der Waals surface area contributed by atoms with Crippen LogP contribution in [-0.2, 0) is 11.2 Å². The molecule has 3 N–H and O–H groups in total. The first-order chi connectivity index (χ1) is 9.76. The summed E-state index contributed by atoms with van der Waals surface area (Å²) in [5.74, 6) is 0.590. The molecule has 0 aromatic carbocycles. The molecule has 0 atom stereocenters. The van der Waals surface area contributed by atoms with Crippen LogP contribution in [0.4, 0.5) is 0 Å². The van der Waals surface area contributed by atoms with Crippen molar-refractivity contribution in [2.75, 3.05) is 26.7 Å². The van der Waals surface area contributed by atoms with E-state index in [0.29, 0.717) is 19.0 Å². The third-order valence-corrected chi connectivity index (χ3v) is 2.61. The Kier molecular flexibility index (Phi) is 7.79. The summed E-state index contributed by atoms with van der Waals surface area (Å²) in [6, 6.07) is 5.84. The Morgan fingerprint density at radius 3 is 2.75 bits per heavy atom. The van der Waals surface area contributed by atoms with Crippen LogP contribution < -0.4 is 16.0 Å². The molecule has 0 unspecified atom stereocenters. The van der Waals surface area contributed by atoms with Crippen molar-refractivity contribution in [2.24, 2.45) is 4.99 Å². The van der Waals surface area contributed by atoms with Crippen LogP contribution >= 0.6 is 0 Å². The number of carbonyl (C=O) groups excluding carboxylic acids is 1.